The van der Waals surface area contributed by atoms with Crippen molar-refractivity contribution in [1.82, 2.24) is 15.4 Å². The molecule has 2 saturated heterocycles. The van der Waals surface area contributed by atoms with E-state index >= 15 is 0 Å². The lowest BCUT2D eigenvalue weighted by Crippen LogP contribution is -2.48. The summed E-state index contributed by atoms with van der Waals surface area (Å²) in [5.41, 5.74) is 0.608. The number of fused-ring (bicyclic) bond motifs is 1. The van der Waals surface area contributed by atoms with E-state index in [-0.39, 0.29) is 5.91 Å². The number of hydrogen-bond acceptors (Lipinski definition) is 4. The number of piperidine rings is 1. The molecule has 17 heavy (non-hydrogen) atoms. The molecule has 92 valence electrons. The monoisotopic (exact) mass is 235 g/mol. The molecule has 2 aliphatic rings. The Morgan fingerprint density at radius 2 is 2.47 bits per heavy atom. The number of aromatic nitrogens is 1. The molecular weight excluding hydrogens is 218 g/mol. The van der Waals surface area contributed by atoms with Gasteiger partial charge in [-0.2, -0.15) is 0 Å². The molecule has 1 amide bonds. The Balaban J connectivity index is 1.81. The molecule has 0 bridgehead atoms. The average molecular weight is 235 g/mol. The number of carbonyl (C=O) groups is 1. The van der Waals surface area contributed by atoms with E-state index in [1.807, 2.05) is 4.90 Å². The van der Waals surface area contributed by atoms with Crippen LogP contribution in [0.3, 0.4) is 0 Å². The van der Waals surface area contributed by atoms with Crippen molar-refractivity contribution in [3.63, 3.8) is 0 Å². The van der Waals surface area contributed by atoms with Gasteiger partial charge in [-0.15, -0.1) is 0 Å². The zero-order valence-corrected chi connectivity index (χ0v) is 9.98. The highest BCUT2D eigenvalue weighted by Gasteiger charge is 2.39. The predicted octanol–water partition coefficient (Wildman–Crippen LogP) is 0.950. The van der Waals surface area contributed by atoms with Gasteiger partial charge in [0.1, 0.15) is 11.3 Å². The van der Waals surface area contributed by atoms with Crippen LogP contribution in [0.2, 0.25) is 0 Å². The SMILES string of the molecule is Cc1oncc1C(=O)N1CCC2NCCCC21. The second-order valence-corrected chi connectivity index (χ2v) is 4.85. The van der Waals surface area contributed by atoms with Gasteiger partial charge in [0.25, 0.3) is 5.91 Å². The lowest BCUT2D eigenvalue weighted by Gasteiger charge is -2.32. The molecule has 1 aromatic heterocycles. The molecule has 2 atom stereocenters. The first kappa shape index (κ1) is 10.8. The zero-order chi connectivity index (χ0) is 11.8. The molecule has 0 radical (unpaired) electrons. The molecule has 0 spiro atoms. The van der Waals surface area contributed by atoms with Gasteiger partial charge in [0.2, 0.25) is 0 Å². The minimum atomic E-state index is 0.0694. The smallest absolute Gasteiger partial charge is 0.259 e. The molecule has 1 N–H and O–H groups in total. The van der Waals surface area contributed by atoms with Gasteiger partial charge < -0.3 is 14.7 Å². The molecule has 5 nitrogen and oxygen atoms in total. The number of likely N-dealkylation sites (tertiary alicyclic amines) is 1. The lowest BCUT2D eigenvalue weighted by atomic mass is 9.99. The fourth-order valence-corrected chi connectivity index (χ4v) is 2.96. The van der Waals surface area contributed by atoms with Crippen LogP contribution in [-0.4, -0.2) is 41.1 Å². The Bertz CT molecular complexity index is 429. The van der Waals surface area contributed by atoms with Crippen molar-refractivity contribution in [3.8, 4) is 0 Å². The number of carbonyl (C=O) groups excluding carboxylic acids is 1. The van der Waals surface area contributed by atoms with Gasteiger partial charge in [0.15, 0.2) is 0 Å². The molecule has 0 aliphatic carbocycles. The molecular formula is C12H17N3O2. The standard InChI is InChI=1S/C12H17N3O2/c1-8-9(7-14-17-8)12(16)15-6-4-10-11(15)3-2-5-13-10/h7,10-11,13H,2-6H2,1H3. The fraction of sp³-hybridized carbons (Fsp3) is 0.667. The lowest BCUT2D eigenvalue weighted by molar-refractivity contribution is 0.0704. The summed E-state index contributed by atoms with van der Waals surface area (Å²) in [5, 5.41) is 7.17. The number of hydrogen-bond donors (Lipinski definition) is 1. The molecule has 3 heterocycles. The second kappa shape index (κ2) is 4.14. The van der Waals surface area contributed by atoms with Crippen molar-refractivity contribution in [3.05, 3.63) is 17.5 Å². The van der Waals surface area contributed by atoms with Crippen LogP contribution in [0.4, 0.5) is 0 Å². The predicted molar refractivity (Wildman–Crippen MR) is 61.7 cm³/mol. The third-order valence-corrected chi connectivity index (χ3v) is 3.87. The highest BCUT2D eigenvalue weighted by Crippen LogP contribution is 2.27. The number of amides is 1. The average Bonchev–Trinajstić information content (AvgIpc) is 2.94. The van der Waals surface area contributed by atoms with Crippen LogP contribution in [0.25, 0.3) is 0 Å². The molecule has 2 unspecified atom stereocenters. The summed E-state index contributed by atoms with van der Waals surface area (Å²) in [6.45, 7) is 3.70. The van der Waals surface area contributed by atoms with Crippen molar-refractivity contribution < 1.29 is 9.32 Å². The van der Waals surface area contributed by atoms with Crippen LogP contribution in [-0.2, 0) is 0 Å². The van der Waals surface area contributed by atoms with E-state index in [0.29, 0.717) is 23.4 Å². The van der Waals surface area contributed by atoms with Crippen molar-refractivity contribution in [2.45, 2.75) is 38.3 Å². The molecule has 0 saturated carbocycles. The molecule has 3 rings (SSSR count). The van der Waals surface area contributed by atoms with Crippen molar-refractivity contribution in [1.29, 1.82) is 0 Å². The van der Waals surface area contributed by atoms with E-state index in [9.17, 15) is 4.79 Å². The van der Waals surface area contributed by atoms with E-state index in [1.54, 1.807) is 6.92 Å². The Morgan fingerprint density at radius 3 is 3.24 bits per heavy atom. The summed E-state index contributed by atoms with van der Waals surface area (Å²) in [6, 6.07) is 0.832. The Labute approximate surface area is 100 Å². The fourth-order valence-electron chi connectivity index (χ4n) is 2.96. The summed E-state index contributed by atoms with van der Waals surface area (Å²) in [4.78, 5) is 14.4. The molecule has 1 aromatic rings. The van der Waals surface area contributed by atoms with Crippen molar-refractivity contribution >= 4 is 5.91 Å². The highest BCUT2D eigenvalue weighted by molar-refractivity contribution is 5.95. The van der Waals surface area contributed by atoms with Gasteiger partial charge in [-0.05, 0) is 32.7 Å². The number of nitrogens with zero attached hydrogens (tertiary/aromatic N) is 2. The maximum atomic E-state index is 12.4. The Hall–Kier alpha value is -1.36. The van der Waals surface area contributed by atoms with E-state index in [0.717, 1.165) is 32.4 Å². The largest absolute Gasteiger partial charge is 0.361 e. The van der Waals surface area contributed by atoms with Crippen LogP contribution < -0.4 is 5.32 Å². The number of aryl methyl sites for hydroxylation is 1. The van der Waals surface area contributed by atoms with Crippen LogP contribution in [0.1, 0.15) is 35.4 Å². The van der Waals surface area contributed by atoms with E-state index in [2.05, 4.69) is 10.5 Å². The van der Waals surface area contributed by atoms with E-state index < -0.39 is 0 Å². The summed E-state index contributed by atoms with van der Waals surface area (Å²) in [7, 11) is 0. The van der Waals surface area contributed by atoms with Gasteiger partial charge in [0, 0.05) is 18.6 Å². The van der Waals surface area contributed by atoms with Gasteiger partial charge >= 0.3 is 0 Å². The van der Waals surface area contributed by atoms with E-state index in [1.165, 1.54) is 6.20 Å². The normalized spacial score (nSPS) is 28.2. The molecule has 2 fully saturated rings. The quantitative estimate of drug-likeness (QED) is 0.787. The van der Waals surface area contributed by atoms with Crippen LogP contribution >= 0.6 is 0 Å². The summed E-state index contributed by atoms with van der Waals surface area (Å²) >= 11 is 0. The van der Waals surface area contributed by atoms with Crippen molar-refractivity contribution in [2.75, 3.05) is 13.1 Å². The first-order chi connectivity index (χ1) is 8.27. The topological polar surface area (TPSA) is 58.4 Å². The molecule has 5 heteroatoms. The van der Waals surface area contributed by atoms with Gasteiger partial charge in [-0.1, -0.05) is 5.16 Å². The first-order valence-electron chi connectivity index (χ1n) is 6.23. The first-order valence-corrected chi connectivity index (χ1v) is 6.23. The van der Waals surface area contributed by atoms with Gasteiger partial charge in [-0.25, -0.2) is 0 Å². The van der Waals surface area contributed by atoms with E-state index in [4.69, 9.17) is 4.52 Å². The van der Waals surface area contributed by atoms with Crippen molar-refractivity contribution in [2.24, 2.45) is 0 Å². The third-order valence-electron chi connectivity index (χ3n) is 3.87. The van der Waals surface area contributed by atoms with Gasteiger partial charge in [-0.3, -0.25) is 4.79 Å². The minimum Gasteiger partial charge on any atom is -0.361 e. The molecule has 2 aliphatic heterocycles. The van der Waals surface area contributed by atoms with Crippen LogP contribution in [0.5, 0.6) is 0 Å². The number of nitrogens with one attached hydrogen (secondary N) is 1. The minimum absolute atomic E-state index is 0.0694. The summed E-state index contributed by atoms with van der Waals surface area (Å²) < 4.78 is 4.97. The zero-order valence-electron chi connectivity index (χ0n) is 9.98. The second-order valence-electron chi connectivity index (χ2n) is 4.85. The maximum Gasteiger partial charge on any atom is 0.259 e. The highest BCUT2D eigenvalue weighted by atomic mass is 16.5. The van der Waals surface area contributed by atoms with Gasteiger partial charge in [0.05, 0.1) is 6.20 Å². The summed E-state index contributed by atoms with van der Waals surface area (Å²) in [6.07, 6.45) is 4.84. The molecule has 0 aromatic carbocycles. The maximum absolute atomic E-state index is 12.4. The Morgan fingerprint density at radius 1 is 1.59 bits per heavy atom. The Kier molecular flexibility index (Phi) is 2.63. The number of rotatable bonds is 1. The summed E-state index contributed by atoms with van der Waals surface area (Å²) in [5.74, 6) is 0.683. The third kappa shape index (κ3) is 1.74. The van der Waals surface area contributed by atoms with Crippen LogP contribution in [0, 0.1) is 6.92 Å². The van der Waals surface area contributed by atoms with Crippen LogP contribution in [0.15, 0.2) is 10.7 Å².